The van der Waals surface area contributed by atoms with Crippen molar-refractivity contribution in [2.75, 3.05) is 30.7 Å². The first-order valence-corrected chi connectivity index (χ1v) is 16.6. The maximum Gasteiger partial charge on any atom is 0.251 e. The van der Waals surface area contributed by atoms with E-state index in [2.05, 4.69) is 67.9 Å². The number of aryl methyl sites for hydroxylation is 2. The van der Waals surface area contributed by atoms with Crippen LogP contribution in [0.3, 0.4) is 0 Å². The Balaban J connectivity index is 1.91. The molecule has 2 amide bonds. The molecule has 0 saturated heterocycles. The summed E-state index contributed by atoms with van der Waals surface area (Å²) in [5.74, 6) is 0.384. The van der Waals surface area contributed by atoms with E-state index in [4.69, 9.17) is 0 Å². The molecule has 4 bridgehead atoms. The summed E-state index contributed by atoms with van der Waals surface area (Å²) in [6.07, 6.45) is 6.06. The molecule has 2 atom stereocenters. The lowest BCUT2D eigenvalue weighted by Gasteiger charge is -2.26. The Hall–Kier alpha value is -2.91. The average Bonchev–Trinajstić information content (AvgIpc) is 2.90. The number of carbonyl (C=O) groups excluding carboxylic acids is 2. The zero-order chi connectivity index (χ0) is 30.2. The van der Waals surface area contributed by atoms with Gasteiger partial charge in [-0.1, -0.05) is 52.0 Å². The summed E-state index contributed by atoms with van der Waals surface area (Å²) in [5, 5.41) is 9.69. The molecule has 0 radical (unpaired) electrons. The number of hydrogen-bond acceptors (Lipinski definition) is 5. The monoisotopic (exact) mass is 584 g/mol. The first-order valence-electron chi connectivity index (χ1n) is 14.8. The van der Waals surface area contributed by atoms with Crippen LogP contribution in [0.15, 0.2) is 42.5 Å². The molecule has 0 spiro atoms. The van der Waals surface area contributed by atoms with Crippen LogP contribution in [0.2, 0.25) is 0 Å². The highest BCUT2D eigenvalue weighted by atomic mass is 32.2. The lowest BCUT2D eigenvalue weighted by atomic mass is 9.97. The van der Waals surface area contributed by atoms with Crippen LogP contribution in [0.5, 0.6) is 0 Å². The minimum atomic E-state index is -3.49. The zero-order valence-corrected chi connectivity index (χ0v) is 26.3. The summed E-state index contributed by atoms with van der Waals surface area (Å²) in [6.45, 7) is 9.35. The number of benzene rings is 2. The lowest BCUT2D eigenvalue weighted by molar-refractivity contribution is -0.123. The molecule has 2 aromatic rings. The molecular weight excluding hydrogens is 536 g/mol. The van der Waals surface area contributed by atoms with Crippen molar-refractivity contribution in [3.05, 3.63) is 64.7 Å². The molecule has 0 aromatic heterocycles. The Labute approximate surface area is 246 Å². The van der Waals surface area contributed by atoms with Gasteiger partial charge in [-0.15, -0.1) is 0 Å². The van der Waals surface area contributed by atoms with Crippen molar-refractivity contribution in [1.29, 1.82) is 0 Å². The van der Waals surface area contributed by atoms with Gasteiger partial charge in [0.2, 0.25) is 15.9 Å². The second-order valence-corrected chi connectivity index (χ2v) is 14.3. The molecule has 0 aliphatic carbocycles. The summed E-state index contributed by atoms with van der Waals surface area (Å²) in [6, 6.07) is 13.2. The van der Waals surface area contributed by atoms with Crippen LogP contribution < -0.4 is 20.3 Å². The van der Waals surface area contributed by atoms with Gasteiger partial charge in [-0.3, -0.25) is 13.9 Å². The third-order valence-corrected chi connectivity index (χ3v) is 8.61. The lowest BCUT2D eigenvalue weighted by Crippen LogP contribution is -2.51. The molecule has 3 rings (SSSR count). The molecule has 9 heteroatoms. The number of carbonyl (C=O) groups is 2. The molecule has 3 N–H and O–H groups in total. The Morgan fingerprint density at radius 2 is 1.68 bits per heavy atom. The third kappa shape index (κ3) is 10.5. The Kier molecular flexibility index (Phi) is 11.8. The molecule has 0 saturated carbocycles. The minimum Gasteiger partial charge on any atom is -0.354 e. The molecule has 0 fully saturated rings. The number of anilines is 1. The minimum absolute atomic E-state index is 0.0252. The largest absolute Gasteiger partial charge is 0.354 e. The topological polar surface area (TPSA) is 108 Å². The first kappa shape index (κ1) is 32.6. The fourth-order valence-corrected chi connectivity index (χ4v) is 5.58. The normalized spacial score (nSPS) is 17.1. The van der Waals surface area contributed by atoms with E-state index in [-0.39, 0.29) is 23.9 Å². The Morgan fingerprint density at radius 3 is 2.34 bits per heavy atom. The smallest absolute Gasteiger partial charge is 0.251 e. The Morgan fingerprint density at radius 1 is 1.00 bits per heavy atom. The number of nitrogens with zero attached hydrogens (tertiary/aromatic N) is 1. The Bertz CT molecular complexity index is 1290. The standard InChI is InChI=1S/C32H48N4O4S/c1-22(2)14-30(32(38)34-20-23(3)4)33-21-28-17-25-13-9-12-24(15-25)10-7-8-11-26-16-27(31(37)35-28)19-29(18-26)36(5)41(6,39)40/h9,12-13,15-16,18-19,22-23,28,30,33H,7-8,10-11,14,17,20-21H2,1-6H3,(H,34,38)(H,35,37)/t28-,30-/m0/s1. The van der Waals surface area contributed by atoms with E-state index in [1.165, 1.54) is 16.9 Å². The maximum atomic E-state index is 13.7. The van der Waals surface area contributed by atoms with Crippen molar-refractivity contribution in [3.8, 4) is 0 Å². The average molecular weight is 585 g/mol. The van der Waals surface area contributed by atoms with Gasteiger partial charge in [0.25, 0.3) is 5.91 Å². The predicted octanol–water partition coefficient (Wildman–Crippen LogP) is 4.08. The van der Waals surface area contributed by atoms with Crippen molar-refractivity contribution >= 4 is 27.5 Å². The number of sulfonamides is 1. The molecule has 0 unspecified atom stereocenters. The van der Waals surface area contributed by atoms with Gasteiger partial charge in [0.1, 0.15) is 0 Å². The summed E-state index contributed by atoms with van der Waals surface area (Å²) < 4.78 is 25.8. The molecule has 226 valence electrons. The van der Waals surface area contributed by atoms with E-state index in [0.717, 1.165) is 43.1 Å². The quantitative estimate of drug-likeness (QED) is 0.390. The van der Waals surface area contributed by atoms with Gasteiger partial charge >= 0.3 is 0 Å². The fourth-order valence-electron chi connectivity index (χ4n) is 5.09. The molecule has 41 heavy (non-hydrogen) atoms. The number of rotatable bonds is 10. The predicted molar refractivity (Wildman–Crippen MR) is 167 cm³/mol. The van der Waals surface area contributed by atoms with E-state index in [0.29, 0.717) is 49.0 Å². The van der Waals surface area contributed by atoms with E-state index in [9.17, 15) is 18.0 Å². The zero-order valence-electron chi connectivity index (χ0n) is 25.5. The van der Waals surface area contributed by atoms with Crippen LogP contribution >= 0.6 is 0 Å². The van der Waals surface area contributed by atoms with Crippen LogP contribution in [0.25, 0.3) is 0 Å². The molecule has 1 aliphatic heterocycles. The fraction of sp³-hybridized carbons (Fsp3) is 0.562. The van der Waals surface area contributed by atoms with Gasteiger partial charge in [0.05, 0.1) is 18.0 Å². The van der Waals surface area contributed by atoms with Gasteiger partial charge in [-0.05, 0) is 85.3 Å². The van der Waals surface area contributed by atoms with Crippen molar-refractivity contribution in [2.45, 2.75) is 78.3 Å². The highest BCUT2D eigenvalue weighted by Crippen LogP contribution is 2.23. The van der Waals surface area contributed by atoms with Crippen molar-refractivity contribution < 1.29 is 18.0 Å². The van der Waals surface area contributed by atoms with Gasteiger partial charge < -0.3 is 16.0 Å². The van der Waals surface area contributed by atoms with Crippen LogP contribution in [0, 0.1) is 11.8 Å². The SMILES string of the molecule is CC(C)CNC(=O)[C@H](CC(C)C)NC[C@@H]1Cc2cccc(c2)CCCCc2cc(cc(N(C)S(C)(=O)=O)c2)C(=O)N1. The van der Waals surface area contributed by atoms with E-state index in [1.807, 2.05) is 12.1 Å². The van der Waals surface area contributed by atoms with Crippen LogP contribution in [0.1, 0.15) is 74.0 Å². The number of amides is 2. The van der Waals surface area contributed by atoms with Gasteiger partial charge in [-0.2, -0.15) is 0 Å². The van der Waals surface area contributed by atoms with Gasteiger partial charge in [-0.25, -0.2) is 8.42 Å². The highest BCUT2D eigenvalue weighted by Gasteiger charge is 2.23. The van der Waals surface area contributed by atoms with Crippen LogP contribution in [0.4, 0.5) is 5.69 Å². The summed E-state index contributed by atoms with van der Waals surface area (Å²) in [7, 11) is -1.98. The molecule has 8 nitrogen and oxygen atoms in total. The number of fused-ring (bicyclic) bond motifs is 4. The first-order chi connectivity index (χ1) is 19.3. The van der Waals surface area contributed by atoms with Crippen molar-refractivity contribution in [3.63, 3.8) is 0 Å². The molecule has 1 aliphatic rings. The maximum absolute atomic E-state index is 13.7. The van der Waals surface area contributed by atoms with Crippen LogP contribution in [-0.4, -0.2) is 58.7 Å². The summed E-state index contributed by atoms with van der Waals surface area (Å²) in [4.78, 5) is 26.7. The second-order valence-electron chi connectivity index (χ2n) is 12.2. The van der Waals surface area contributed by atoms with E-state index < -0.39 is 10.0 Å². The van der Waals surface area contributed by atoms with Crippen molar-refractivity contribution in [2.24, 2.45) is 11.8 Å². The molecular formula is C32H48N4O4S. The molecule has 2 aromatic carbocycles. The third-order valence-electron chi connectivity index (χ3n) is 7.41. The number of nitrogens with one attached hydrogen (secondary N) is 3. The second kappa shape index (κ2) is 14.8. The van der Waals surface area contributed by atoms with E-state index >= 15 is 0 Å². The highest BCUT2D eigenvalue weighted by molar-refractivity contribution is 7.92. The molecule has 1 heterocycles. The van der Waals surface area contributed by atoms with Gasteiger partial charge in [0.15, 0.2) is 0 Å². The van der Waals surface area contributed by atoms with E-state index in [1.54, 1.807) is 6.07 Å². The summed E-state index contributed by atoms with van der Waals surface area (Å²) in [5.41, 5.74) is 4.22. The van der Waals surface area contributed by atoms with Crippen molar-refractivity contribution in [1.82, 2.24) is 16.0 Å². The van der Waals surface area contributed by atoms with Crippen LogP contribution in [-0.2, 0) is 34.1 Å². The summed E-state index contributed by atoms with van der Waals surface area (Å²) >= 11 is 0. The number of hydrogen-bond donors (Lipinski definition) is 3. The van der Waals surface area contributed by atoms with Gasteiger partial charge in [0, 0.05) is 31.7 Å².